The van der Waals surface area contributed by atoms with Crippen LogP contribution in [0.5, 0.6) is 0 Å². The Kier molecular flexibility index (Phi) is 25.4. The third-order valence-corrected chi connectivity index (χ3v) is 18.0. The van der Waals surface area contributed by atoms with Crippen molar-refractivity contribution in [2.24, 2.45) is 0 Å². The van der Waals surface area contributed by atoms with Crippen LogP contribution in [0.1, 0.15) is 159 Å². The third kappa shape index (κ3) is 20.4. The fourth-order valence-electron chi connectivity index (χ4n) is 12.2. The van der Waals surface area contributed by atoms with Crippen LogP contribution in [0.4, 0.5) is 17.5 Å². The smallest absolute Gasteiger partial charge is 0.337 e. The number of carboxylic acids is 3. The molecule has 28 heteroatoms. The van der Waals surface area contributed by atoms with Crippen molar-refractivity contribution in [2.45, 2.75) is 93.3 Å². The number of carboxylic acid groups (broad SMARTS) is 3. The van der Waals surface area contributed by atoms with E-state index in [2.05, 4.69) is 60.8 Å². The number of amides is 3. The van der Waals surface area contributed by atoms with Gasteiger partial charge in [0.05, 0.1) is 48.3 Å². The Hall–Kier alpha value is -12.2. The normalized spacial score (nSPS) is 11.5. The minimum absolute atomic E-state index is 0.0842. The van der Waals surface area contributed by atoms with Gasteiger partial charge in [0.25, 0.3) is 17.7 Å². The van der Waals surface area contributed by atoms with Gasteiger partial charge in [-0.3, -0.25) is 44.3 Å². The van der Waals surface area contributed by atoms with Crippen molar-refractivity contribution in [3.05, 3.63) is 279 Å². The lowest BCUT2D eigenvalue weighted by molar-refractivity contribution is 0.0688. The van der Waals surface area contributed by atoms with Crippen molar-refractivity contribution >= 4 is 121 Å². The van der Waals surface area contributed by atoms with Crippen molar-refractivity contribution in [1.82, 2.24) is 60.8 Å². The number of benzene rings is 3. The zero-order chi connectivity index (χ0) is 76.8. The Labute approximate surface area is 629 Å². The summed E-state index contributed by atoms with van der Waals surface area (Å²) < 4.78 is 4.94. The van der Waals surface area contributed by atoms with E-state index >= 15 is 0 Å². The average molecular weight is 1500 g/mol. The van der Waals surface area contributed by atoms with E-state index in [1.165, 1.54) is 31.4 Å². The van der Waals surface area contributed by atoms with Crippen LogP contribution in [0.15, 0.2) is 146 Å². The van der Waals surface area contributed by atoms with E-state index in [-0.39, 0.29) is 34.4 Å². The van der Waals surface area contributed by atoms with Crippen LogP contribution in [0.3, 0.4) is 0 Å². The van der Waals surface area contributed by atoms with E-state index in [1.807, 2.05) is 59.7 Å². The van der Waals surface area contributed by atoms with Gasteiger partial charge in [-0.05, 0) is 214 Å². The summed E-state index contributed by atoms with van der Waals surface area (Å²) in [7, 11) is 0. The van der Waals surface area contributed by atoms with Gasteiger partial charge in [0.1, 0.15) is 17.5 Å². The lowest BCUT2D eigenvalue weighted by atomic mass is 10.0. The number of nitrogen functional groups attached to an aromatic ring is 3. The number of halogens is 3. The molecule has 1 aliphatic heterocycles. The molecular formula is C79H74Cl3N15O10. The van der Waals surface area contributed by atoms with Crippen LogP contribution in [-0.2, 0) is 43.6 Å². The molecule has 3 aromatic carbocycles. The molecule has 3 amide bonds. The number of carbonyl (C=O) groups excluding carboxylic acids is 3. The second-order valence-electron chi connectivity index (χ2n) is 25.3. The van der Waals surface area contributed by atoms with Gasteiger partial charge in [0, 0.05) is 156 Å². The number of hydrogen-bond donors (Lipinski definition) is 9. The predicted molar refractivity (Wildman–Crippen MR) is 410 cm³/mol. The zero-order valence-corrected chi connectivity index (χ0v) is 61.3. The molecule has 0 unspecified atom stereocenters. The number of aromatic carboxylic acids is 3. The van der Waals surface area contributed by atoms with Gasteiger partial charge in [-0.1, -0.05) is 34.8 Å². The number of nitrogens with one attached hydrogen (secondary N) is 3. The van der Waals surface area contributed by atoms with E-state index in [4.69, 9.17) is 56.7 Å². The number of hydrogen-bond acceptors (Lipinski definition) is 19. The van der Waals surface area contributed by atoms with Gasteiger partial charge in [-0.2, -0.15) is 0 Å². The SMILES string of the molecule is C1CCOC1.Cc1cc(N)nc(C)c1CNC(=O)c1ccnc(Cc2cc(C(=O)O)c3ncc(Cl)cc3c2)c1.Cc1cc(N)nc(C)c1CNC(=O)c1ccnc(Cc2cc(C(=O)O)c3ncc(Cl)cc3c2)c1.Cc1cc(N)nc(C)c1CNC(=O)c1ccnc(Cc2cc(C(=O)O)c3ncc(Cl)cc3c2)c1. The number of pyridine rings is 9. The molecule has 10 heterocycles. The summed E-state index contributed by atoms with van der Waals surface area (Å²) in [6, 6.07) is 30.5. The lowest BCUT2D eigenvalue weighted by Gasteiger charge is -2.12. The Balaban J connectivity index is 0.000000166. The van der Waals surface area contributed by atoms with E-state index in [0.29, 0.717) is 138 Å². The van der Waals surface area contributed by atoms with E-state index in [0.717, 1.165) is 80.4 Å². The lowest BCUT2D eigenvalue weighted by Crippen LogP contribution is -2.24. The minimum Gasteiger partial charge on any atom is -0.478 e. The summed E-state index contributed by atoms with van der Waals surface area (Å²) in [5, 5.41) is 40.7. The first-order valence-corrected chi connectivity index (χ1v) is 34.7. The zero-order valence-electron chi connectivity index (χ0n) is 59.0. The Morgan fingerprint density at radius 1 is 0.402 bits per heavy atom. The molecule has 1 fully saturated rings. The van der Waals surface area contributed by atoms with E-state index in [9.17, 15) is 44.1 Å². The first-order valence-electron chi connectivity index (χ1n) is 33.5. The molecule has 0 aliphatic carbocycles. The molecule has 25 nitrogen and oxygen atoms in total. The van der Waals surface area contributed by atoms with Crippen LogP contribution in [0.25, 0.3) is 32.7 Å². The van der Waals surface area contributed by atoms with Crippen LogP contribution in [0.2, 0.25) is 15.1 Å². The van der Waals surface area contributed by atoms with Gasteiger partial charge in [0.15, 0.2) is 0 Å². The van der Waals surface area contributed by atoms with Crippen LogP contribution >= 0.6 is 34.8 Å². The maximum atomic E-state index is 12.8. The highest BCUT2D eigenvalue weighted by Crippen LogP contribution is 2.29. The summed E-state index contributed by atoms with van der Waals surface area (Å²) in [5.74, 6) is -2.65. The molecule has 107 heavy (non-hydrogen) atoms. The number of nitrogens with two attached hydrogens (primary N) is 3. The third-order valence-electron chi connectivity index (χ3n) is 17.3. The second kappa shape index (κ2) is 35.1. The number of aromatic nitrogens is 9. The molecule has 546 valence electrons. The minimum atomic E-state index is -1.08. The molecule has 0 saturated carbocycles. The highest BCUT2D eigenvalue weighted by Gasteiger charge is 2.20. The Bertz CT molecular complexity index is 4850. The molecule has 1 aliphatic rings. The van der Waals surface area contributed by atoms with Crippen LogP contribution in [-0.4, -0.2) is 109 Å². The molecular weight excluding hydrogens is 1430 g/mol. The number of anilines is 3. The van der Waals surface area contributed by atoms with E-state index in [1.54, 1.807) is 110 Å². The van der Waals surface area contributed by atoms with Crippen molar-refractivity contribution in [3.8, 4) is 0 Å². The molecule has 12 aromatic rings. The highest BCUT2D eigenvalue weighted by atomic mass is 35.5. The number of ether oxygens (including phenoxy) is 1. The fourth-order valence-corrected chi connectivity index (χ4v) is 12.7. The topological polar surface area (TPSA) is 402 Å². The number of fused-ring (bicyclic) bond motifs is 3. The number of aryl methyl sites for hydroxylation is 6. The molecule has 9 aromatic heterocycles. The molecule has 0 atom stereocenters. The average Bonchev–Trinajstić information content (AvgIpc) is 0.850. The highest BCUT2D eigenvalue weighted by molar-refractivity contribution is 6.32. The maximum Gasteiger partial charge on any atom is 0.337 e. The van der Waals surface area contributed by atoms with Crippen molar-refractivity contribution < 1.29 is 48.8 Å². The largest absolute Gasteiger partial charge is 0.478 e. The number of nitrogens with zero attached hydrogens (tertiary/aromatic N) is 9. The Morgan fingerprint density at radius 3 is 0.925 bits per heavy atom. The predicted octanol–water partition coefficient (Wildman–Crippen LogP) is 13.1. The molecule has 13 rings (SSSR count). The first kappa shape index (κ1) is 77.5. The summed E-state index contributed by atoms with van der Waals surface area (Å²) in [5.41, 5.74) is 32.0. The molecule has 12 N–H and O–H groups in total. The van der Waals surface area contributed by atoms with E-state index < -0.39 is 17.9 Å². The van der Waals surface area contributed by atoms with Crippen molar-refractivity contribution in [3.63, 3.8) is 0 Å². The van der Waals surface area contributed by atoms with Gasteiger partial charge in [0.2, 0.25) is 0 Å². The molecule has 0 radical (unpaired) electrons. The van der Waals surface area contributed by atoms with Crippen LogP contribution < -0.4 is 33.2 Å². The van der Waals surface area contributed by atoms with Gasteiger partial charge in [-0.25, -0.2) is 29.3 Å². The maximum absolute atomic E-state index is 12.8. The summed E-state index contributed by atoms with van der Waals surface area (Å²) in [6.07, 6.45) is 12.5. The van der Waals surface area contributed by atoms with Crippen molar-refractivity contribution in [2.75, 3.05) is 30.4 Å². The second-order valence-corrected chi connectivity index (χ2v) is 26.6. The molecule has 0 spiro atoms. The number of carbonyl (C=O) groups is 6. The van der Waals surface area contributed by atoms with Gasteiger partial charge >= 0.3 is 17.9 Å². The summed E-state index contributed by atoms with van der Waals surface area (Å²) >= 11 is 18.1. The quantitative estimate of drug-likeness (QED) is 0.0385. The molecule has 1 saturated heterocycles. The van der Waals surface area contributed by atoms with Crippen LogP contribution in [0, 0.1) is 41.5 Å². The molecule has 0 bridgehead atoms. The monoisotopic (exact) mass is 1500 g/mol. The fraction of sp³-hybridized carbons (Fsp3) is 0.203. The van der Waals surface area contributed by atoms with Gasteiger partial charge in [-0.15, -0.1) is 0 Å². The summed E-state index contributed by atoms with van der Waals surface area (Å²) in [4.78, 5) is 112. The van der Waals surface area contributed by atoms with Crippen molar-refractivity contribution in [1.29, 1.82) is 0 Å². The standard InChI is InChI=1S/3C25H22ClN5O3.C4H8O/c3*1-13-5-22(27)31-14(2)21(13)12-30-24(32)16-3-4-28-19(10-16)7-15-6-17-9-18(26)11-29-23(17)20(8-15)25(33)34;1-2-4-5-3-1/h3*3-6,8-11H,7,12H2,1-2H3,(H2,27,31)(H,30,32)(H,33,34);1-4H2. The summed E-state index contributed by atoms with van der Waals surface area (Å²) in [6.45, 7) is 14.3. The Morgan fingerprint density at radius 2 is 0.682 bits per heavy atom. The first-order chi connectivity index (χ1) is 51.1. The van der Waals surface area contributed by atoms with Gasteiger partial charge < -0.3 is 53.2 Å². The number of rotatable bonds is 18.